The molecule has 2 saturated carbocycles. The van der Waals surface area contributed by atoms with Gasteiger partial charge in [0.05, 0.1) is 0 Å². The third kappa shape index (κ3) is 5.64. The number of aryl methyl sites for hydroxylation is 1. The Labute approximate surface area is 249 Å². The Kier molecular flexibility index (Phi) is 7.64. The number of hydrogen-bond acceptors (Lipinski definition) is 8. The summed E-state index contributed by atoms with van der Waals surface area (Å²) in [7, 11) is 0. The fourth-order valence-electron chi connectivity index (χ4n) is 7.51. The maximum atomic E-state index is 12.0. The SMILES string of the molecule is CC(=O)Oc1cc2c(cc1/C=C/c1nnc(Nc3ccc(Cl)cc3)s1)[C@H]1CC[C@]3(C)[C@@H](OC(C)=O)CC[C@H]3[C@@H]1CC2. The topological polar surface area (TPSA) is 90.4 Å². The molecule has 0 saturated heterocycles. The molecule has 2 aromatic carbocycles. The number of rotatable bonds is 6. The average molecular weight is 592 g/mol. The molecule has 0 bridgehead atoms. The van der Waals surface area contributed by atoms with Crippen LogP contribution in [-0.4, -0.2) is 28.2 Å². The molecule has 6 rings (SSSR count). The first kappa shape index (κ1) is 27.9. The summed E-state index contributed by atoms with van der Waals surface area (Å²) >= 11 is 7.42. The molecule has 2 fully saturated rings. The van der Waals surface area contributed by atoms with Gasteiger partial charge in [-0.2, -0.15) is 0 Å². The van der Waals surface area contributed by atoms with Crippen molar-refractivity contribution in [2.24, 2.45) is 17.3 Å². The van der Waals surface area contributed by atoms with E-state index < -0.39 is 0 Å². The number of nitrogens with one attached hydrogen (secondary N) is 1. The molecule has 0 aliphatic heterocycles. The minimum absolute atomic E-state index is 0.0168. The number of nitrogens with zero attached hydrogens (tertiary/aromatic N) is 2. The Morgan fingerprint density at radius 2 is 1.85 bits per heavy atom. The molecule has 41 heavy (non-hydrogen) atoms. The van der Waals surface area contributed by atoms with Crippen LogP contribution in [0, 0.1) is 17.3 Å². The largest absolute Gasteiger partial charge is 0.462 e. The molecular weight excluding hydrogens is 558 g/mol. The van der Waals surface area contributed by atoms with Crippen LogP contribution in [0.2, 0.25) is 5.02 Å². The molecular formula is C32H34ClN3O4S. The maximum Gasteiger partial charge on any atom is 0.308 e. The molecule has 0 amide bonds. The van der Waals surface area contributed by atoms with Crippen LogP contribution in [0.3, 0.4) is 0 Å². The second-order valence-corrected chi connectivity index (χ2v) is 13.2. The number of esters is 2. The van der Waals surface area contributed by atoms with E-state index in [1.165, 1.54) is 36.3 Å². The summed E-state index contributed by atoms with van der Waals surface area (Å²) in [5.41, 5.74) is 4.41. The van der Waals surface area contributed by atoms with Crippen molar-refractivity contribution in [3.8, 4) is 5.75 Å². The van der Waals surface area contributed by atoms with E-state index in [1.807, 2.05) is 36.4 Å². The van der Waals surface area contributed by atoms with Crippen molar-refractivity contribution >= 4 is 57.8 Å². The Morgan fingerprint density at radius 3 is 2.61 bits per heavy atom. The second-order valence-electron chi connectivity index (χ2n) is 11.7. The molecule has 7 nitrogen and oxygen atoms in total. The summed E-state index contributed by atoms with van der Waals surface area (Å²) in [5, 5.41) is 13.9. The van der Waals surface area contributed by atoms with Gasteiger partial charge in [0.25, 0.3) is 0 Å². The van der Waals surface area contributed by atoms with Crippen LogP contribution in [0.5, 0.6) is 5.75 Å². The molecule has 3 aliphatic carbocycles. The van der Waals surface area contributed by atoms with Crippen molar-refractivity contribution in [2.45, 2.75) is 71.3 Å². The summed E-state index contributed by atoms with van der Waals surface area (Å²) in [6.45, 7) is 5.29. The Bertz CT molecular complexity index is 1500. The predicted octanol–water partition coefficient (Wildman–Crippen LogP) is 7.82. The van der Waals surface area contributed by atoms with E-state index in [0.717, 1.165) is 54.8 Å². The number of carbonyl (C=O) groups excluding carboxylic acids is 2. The fourth-order valence-corrected chi connectivity index (χ4v) is 8.30. The molecule has 1 N–H and O–H groups in total. The second kappa shape index (κ2) is 11.2. The fraction of sp³-hybridized carbons (Fsp3) is 0.438. The molecule has 214 valence electrons. The molecule has 0 unspecified atom stereocenters. The molecule has 0 radical (unpaired) electrons. The Hall–Kier alpha value is -3.23. The van der Waals surface area contributed by atoms with Gasteiger partial charge in [-0.25, -0.2) is 0 Å². The molecule has 5 atom stereocenters. The highest BCUT2D eigenvalue weighted by Gasteiger charge is 2.56. The molecule has 9 heteroatoms. The number of carbonyl (C=O) groups is 2. The van der Waals surface area contributed by atoms with Crippen molar-refractivity contribution in [3.05, 3.63) is 63.1 Å². The first-order valence-electron chi connectivity index (χ1n) is 14.3. The number of aromatic nitrogens is 2. The summed E-state index contributed by atoms with van der Waals surface area (Å²) < 4.78 is 11.5. The minimum atomic E-state index is -0.338. The minimum Gasteiger partial charge on any atom is -0.462 e. The lowest BCUT2D eigenvalue weighted by Gasteiger charge is -2.50. The first-order valence-corrected chi connectivity index (χ1v) is 15.5. The third-order valence-corrected chi connectivity index (χ3v) is 10.3. The highest BCUT2D eigenvalue weighted by atomic mass is 35.5. The summed E-state index contributed by atoms with van der Waals surface area (Å²) in [4.78, 5) is 23.8. The van der Waals surface area contributed by atoms with Crippen molar-refractivity contribution in [3.63, 3.8) is 0 Å². The van der Waals surface area contributed by atoms with Crippen molar-refractivity contribution in [1.29, 1.82) is 0 Å². The highest BCUT2D eigenvalue weighted by Crippen LogP contribution is 2.61. The van der Waals surface area contributed by atoms with E-state index in [4.69, 9.17) is 21.1 Å². The van der Waals surface area contributed by atoms with Gasteiger partial charge in [-0.05, 0) is 116 Å². The molecule has 3 aromatic rings. The number of ether oxygens (including phenoxy) is 2. The van der Waals surface area contributed by atoms with Gasteiger partial charge >= 0.3 is 11.9 Å². The smallest absolute Gasteiger partial charge is 0.308 e. The summed E-state index contributed by atoms with van der Waals surface area (Å²) in [6, 6.07) is 11.7. The number of hydrogen-bond donors (Lipinski definition) is 1. The van der Waals surface area contributed by atoms with Gasteiger partial charge in [0.15, 0.2) is 0 Å². The molecule has 1 heterocycles. The van der Waals surface area contributed by atoms with Gasteiger partial charge in [0, 0.05) is 35.5 Å². The van der Waals surface area contributed by atoms with Gasteiger partial charge in [-0.1, -0.05) is 29.9 Å². The van der Waals surface area contributed by atoms with Gasteiger partial charge in [-0.15, -0.1) is 10.2 Å². The number of anilines is 2. The molecule has 0 spiro atoms. The van der Waals surface area contributed by atoms with E-state index >= 15 is 0 Å². The predicted molar refractivity (Wildman–Crippen MR) is 161 cm³/mol. The third-order valence-electron chi connectivity index (χ3n) is 9.27. The van der Waals surface area contributed by atoms with E-state index in [-0.39, 0.29) is 23.5 Å². The number of benzene rings is 2. The van der Waals surface area contributed by atoms with Crippen LogP contribution in [0.15, 0.2) is 36.4 Å². The van der Waals surface area contributed by atoms with E-state index in [2.05, 4.69) is 34.6 Å². The van der Waals surface area contributed by atoms with E-state index in [1.54, 1.807) is 0 Å². The average Bonchev–Trinajstić information content (AvgIpc) is 3.51. The lowest BCUT2D eigenvalue weighted by atomic mass is 9.55. The number of halogens is 1. The lowest BCUT2D eigenvalue weighted by molar-refractivity contribution is -0.154. The highest BCUT2D eigenvalue weighted by molar-refractivity contribution is 7.16. The zero-order valence-corrected chi connectivity index (χ0v) is 25.1. The monoisotopic (exact) mass is 591 g/mol. The van der Waals surface area contributed by atoms with Crippen LogP contribution in [-0.2, 0) is 20.7 Å². The van der Waals surface area contributed by atoms with E-state index in [9.17, 15) is 9.59 Å². The van der Waals surface area contributed by atoms with Gasteiger partial charge in [0.2, 0.25) is 5.13 Å². The van der Waals surface area contributed by atoms with Crippen LogP contribution in [0.4, 0.5) is 10.8 Å². The Balaban J connectivity index is 1.26. The lowest BCUT2D eigenvalue weighted by Crippen LogP contribution is -2.45. The molecule has 3 aliphatic rings. The standard InChI is InChI=1S/C32H34ClN3O4S/c1-18(37)39-28-17-20-4-10-25-24(14-15-32(3)27(25)11-12-29(32)40-19(2)38)26(20)16-21(28)5-13-30-35-36-31(41-30)34-23-8-6-22(33)7-9-23/h5-9,13,16-17,24-25,27,29H,4,10-12,14-15H2,1-3H3,(H,34,36)/b13-5+/t24-,25+,27-,29-,32-/m0/s1. The quantitative estimate of drug-likeness (QED) is 0.231. The summed E-state index contributed by atoms with van der Waals surface area (Å²) in [5.74, 6) is 1.61. The van der Waals surface area contributed by atoms with Gasteiger partial charge < -0.3 is 14.8 Å². The van der Waals surface area contributed by atoms with Crippen LogP contribution < -0.4 is 10.1 Å². The zero-order valence-electron chi connectivity index (χ0n) is 23.5. The zero-order chi connectivity index (χ0) is 28.7. The van der Waals surface area contributed by atoms with Crippen LogP contribution in [0.1, 0.15) is 80.5 Å². The number of fused-ring (bicyclic) bond motifs is 5. The maximum absolute atomic E-state index is 12.0. The first-order chi connectivity index (χ1) is 19.7. The Morgan fingerprint density at radius 1 is 1.05 bits per heavy atom. The van der Waals surface area contributed by atoms with Crippen LogP contribution in [0.25, 0.3) is 12.2 Å². The van der Waals surface area contributed by atoms with Crippen molar-refractivity contribution in [1.82, 2.24) is 10.2 Å². The molecule has 1 aromatic heterocycles. The normalized spacial score (nSPS) is 26.6. The van der Waals surface area contributed by atoms with Gasteiger partial charge in [-0.3, -0.25) is 9.59 Å². The van der Waals surface area contributed by atoms with Crippen molar-refractivity contribution in [2.75, 3.05) is 5.32 Å². The van der Waals surface area contributed by atoms with Crippen molar-refractivity contribution < 1.29 is 19.1 Å². The van der Waals surface area contributed by atoms with Crippen LogP contribution >= 0.6 is 22.9 Å². The summed E-state index contributed by atoms with van der Waals surface area (Å²) in [6.07, 6.45) is 10.1. The van der Waals surface area contributed by atoms with Gasteiger partial charge in [0.1, 0.15) is 16.9 Å². The van der Waals surface area contributed by atoms with E-state index in [0.29, 0.717) is 33.7 Å².